The molecule has 143 heavy (non-hydrogen) atoms. The quantitative estimate of drug-likeness (QED) is 0.0669. The highest BCUT2D eigenvalue weighted by molar-refractivity contribution is 6.04. The molecular formula is C137H104N6. The molecule has 0 aromatic heterocycles. The number of anilines is 15. The van der Waals surface area contributed by atoms with Gasteiger partial charge in [-0.1, -0.05) is 419 Å². The van der Waals surface area contributed by atoms with Crippen LogP contribution in [0.3, 0.4) is 0 Å². The summed E-state index contributed by atoms with van der Waals surface area (Å²) < 4.78 is 0. The van der Waals surface area contributed by atoms with E-state index in [9.17, 15) is 0 Å². The van der Waals surface area contributed by atoms with Crippen molar-refractivity contribution in [2.45, 2.75) is 0 Å². The normalized spacial score (nSPS) is 11.0. The van der Waals surface area contributed by atoms with Crippen LogP contribution in [0, 0.1) is 0 Å². The van der Waals surface area contributed by atoms with Gasteiger partial charge in [0, 0.05) is 111 Å². The van der Waals surface area contributed by atoms with Gasteiger partial charge in [0.05, 0.1) is 17.1 Å². The second kappa shape index (κ2) is 41.4. The molecule has 0 aliphatic rings. The Morgan fingerprint density at radius 1 is 0.105 bits per heavy atom. The molecule has 0 radical (unpaired) electrons. The van der Waals surface area contributed by atoms with Crippen molar-refractivity contribution in [1.82, 2.24) is 0 Å². The van der Waals surface area contributed by atoms with Gasteiger partial charge in [0.1, 0.15) is 0 Å². The molecule has 0 saturated carbocycles. The lowest BCUT2D eigenvalue weighted by Gasteiger charge is -2.27. The number of hydrogen-bond donors (Lipinski definition) is 0. The third kappa shape index (κ3) is 19.5. The average molecular weight is 1830 g/mol. The van der Waals surface area contributed by atoms with Crippen LogP contribution in [-0.2, 0) is 0 Å². The van der Waals surface area contributed by atoms with Crippen LogP contribution >= 0.6 is 0 Å². The van der Waals surface area contributed by atoms with Gasteiger partial charge < -0.3 is 29.4 Å². The van der Waals surface area contributed by atoms with Crippen LogP contribution in [0.1, 0.15) is 0 Å². The van der Waals surface area contributed by atoms with Gasteiger partial charge in [0.2, 0.25) is 0 Å². The average Bonchev–Trinajstić information content (AvgIpc) is 0.775. The molecule has 6 nitrogen and oxygen atoms in total. The Bertz CT molecular complexity index is 8490. The van der Waals surface area contributed by atoms with E-state index in [1.54, 1.807) is 0 Å². The molecule has 0 bridgehead atoms. The lowest BCUT2D eigenvalue weighted by molar-refractivity contribution is 1.21. The standard InChI is InChI=1S/C47H36N2.2C45H34N2/c1-48(42-28-22-37(23-29-42)35-12-4-2-5-13-35)43-30-24-38(25-31-43)39-26-32-44(33-27-39)49(47-21-11-17-40-16-8-9-20-46(40)47)45-19-10-18-41(34-45)36-14-6-3-7-15-36;1-46(44-22-10-16-36-14-5-7-20-42(36)44)39-28-24-34(25-29-39)35-26-30-40(31-27-35)47(45-23-11-17-37-15-6-8-21-43(37)45)41-19-9-18-38(32-41)33-12-3-2-4-13-33;1-46(42-30-25-34-13-5-6-15-38(34)31-42)40-26-21-35(22-27-40)36-23-28-41(29-24-36)47(45-20-10-16-37-14-7-8-19-44(37)45)43-18-9-17-39(32-43)33-11-3-2-4-12-33/h2-34H,1H3;2*2-32H,1H3. The largest absolute Gasteiger partial charge is 0.345 e. The van der Waals surface area contributed by atoms with Crippen LogP contribution in [-0.4, -0.2) is 21.1 Å². The van der Waals surface area contributed by atoms with E-state index in [0.717, 1.165) is 73.9 Å². The highest BCUT2D eigenvalue weighted by atomic mass is 15.2. The number of benzene rings is 24. The molecule has 24 rings (SSSR count). The minimum atomic E-state index is 1.11. The van der Waals surface area contributed by atoms with Crippen molar-refractivity contribution in [2.24, 2.45) is 0 Å². The molecule has 0 spiro atoms. The first-order valence-electron chi connectivity index (χ1n) is 48.9. The van der Waals surface area contributed by atoms with Gasteiger partial charge in [-0.3, -0.25) is 0 Å². The first-order chi connectivity index (χ1) is 70.6. The predicted molar refractivity (Wildman–Crippen MR) is 612 cm³/mol. The summed E-state index contributed by atoms with van der Waals surface area (Å²) in [4.78, 5) is 13.9. The summed E-state index contributed by atoms with van der Waals surface area (Å²) in [5.74, 6) is 0. The van der Waals surface area contributed by atoms with E-state index < -0.39 is 0 Å². The Morgan fingerprint density at radius 3 is 0.601 bits per heavy atom. The topological polar surface area (TPSA) is 19.4 Å². The van der Waals surface area contributed by atoms with Crippen molar-refractivity contribution >= 4 is 139 Å². The van der Waals surface area contributed by atoms with Crippen LogP contribution in [0.25, 0.3) is 132 Å². The van der Waals surface area contributed by atoms with E-state index in [0.29, 0.717) is 0 Å². The van der Waals surface area contributed by atoms with Gasteiger partial charge in [-0.05, 0) is 268 Å². The molecule has 0 amide bonds. The van der Waals surface area contributed by atoms with E-state index in [1.807, 2.05) is 0 Å². The predicted octanol–water partition coefficient (Wildman–Crippen LogP) is 38.2. The van der Waals surface area contributed by atoms with E-state index in [1.165, 1.54) is 143 Å². The SMILES string of the molecule is CN(c1ccc(-c2ccc(N(c3cccc(-c4ccccc4)c3)c3cccc4ccccc34)cc2)cc1)c1ccc2ccccc2c1.CN(c1ccc(-c2ccc(N(c3cccc(-c4ccccc4)c3)c3cccc4ccccc34)cc2)cc1)c1cccc2ccccc12.CN(c1ccc(-c2ccccc2)cc1)c1ccc(-c2ccc(N(c3cccc(-c4ccccc4)c3)c3cccc4ccccc34)cc2)cc1. The van der Waals surface area contributed by atoms with Crippen molar-refractivity contribution in [3.8, 4) is 77.9 Å². The van der Waals surface area contributed by atoms with Gasteiger partial charge in [0.15, 0.2) is 0 Å². The molecule has 682 valence electrons. The smallest absolute Gasteiger partial charge is 0.0540 e. The number of rotatable bonds is 22. The van der Waals surface area contributed by atoms with Gasteiger partial charge in [0.25, 0.3) is 0 Å². The molecule has 24 aromatic carbocycles. The fourth-order valence-electron chi connectivity index (χ4n) is 19.7. The molecule has 0 heterocycles. The van der Waals surface area contributed by atoms with Crippen LogP contribution in [0.2, 0.25) is 0 Å². The van der Waals surface area contributed by atoms with Crippen LogP contribution in [0.15, 0.2) is 576 Å². The monoisotopic (exact) mass is 1830 g/mol. The second-order valence-corrected chi connectivity index (χ2v) is 36.2. The Morgan fingerprint density at radius 2 is 0.301 bits per heavy atom. The van der Waals surface area contributed by atoms with Gasteiger partial charge in [-0.15, -0.1) is 0 Å². The Hall–Kier alpha value is -18.6. The summed E-state index contributed by atoms with van der Waals surface area (Å²) in [5, 5.41) is 12.3. The van der Waals surface area contributed by atoms with Crippen molar-refractivity contribution in [2.75, 3.05) is 50.5 Å². The summed E-state index contributed by atoms with van der Waals surface area (Å²) in [6.07, 6.45) is 0. The zero-order valence-corrected chi connectivity index (χ0v) is 80.0. The summed E-state index contributed by atoms with van der Waals surface area (Å²) in [5.41, 5.74) is 33.9. The first-order valence-corrected chi connectivity index (χ1v) is 48.9. The molecule has 0 aliphatic carbocycles. The van der Waals surface area contributed by atoms with E-state index in [4.69, 9.17) is 0 Å². The third-order valence-corrected chi connectivity index (χ3v) is 27.4. The summed E-state index contributed by atoms with van der Waals surface area (Å²) in [6, 6.07) is 207. The zero-order chi connectivity index (χ0) is 96.2. The third-order valence-electron chi connectivity index (χ3n) is 27.4. The minimum absolute atomic E-state index is 1.11. The maximum atomic E-state index is 2.38. The molecule has 0 fully saturated rings. The van der Waals surface area contributed by atoms with Crippen LogP contribution in [0.5, 0.6) is 0 Å². The van der Waals surface area contributed by atoms with E-state index >= 15 is 0 Å². The molecular weight excluding hydrogens is 1730 g/mol. The lowest BCUT2D eigenvalue weighted by Crippen LogP contribution is -2.10. The molecule has 0 saturated heterocycles. The Kier molecular flexibility index (Phi) is 25.9. The van der Waals surface area contributed by atoms with Crippen molar-refractivity contribution in [3.63, 3.8) is 0 Å². The van der Waals surface area contributed by atoms with Gasteiger partial charge in [-0.2, -0.15) is 0 Å². The van der Waals surface area contributed by atoms with Crippen LogP contribution in [0.4, 0.5) is 85.3 Å². The molecule has 0 unspecified atom stereocenters. The highest BCUT2D eigenvalue weighted by Crippen LogP contribution is 2.47. The first kappa shape index (κ1) is 89.6. The molecule has 0 N–H and O–H groups in total. The summed E-state index contributed by atoms with van der Waals surface area (Å²) >= 11 is 0. The van der Waals surface area contributed by atoms with Crippen molar-refractivity contribution < 1.29 is 0 Å². The summed E-state index contributed by atoms with van der Waals surface area (Å²) in [6.45, 7) is 0. The fraction of sp³-hybridized carbons (Fsp3) is 0.0219. The lowest BCUT2D eigenvalue weighted by atomic mass is 10.0. The maximum absolute atomic E-state index is 2.38. The van der Waals surface area contributed by atoms with Crippen molar-refractivity contribution in [1.29, 1.82) is 0 Å². The van der Waals surface area contributed by atoms with Gasteiger partial charge in [-0.25, -0.2) is 0 Å². The summed E-state index contributed by atoms with van der Waals surface area (Å²) in [7, 11) is 6.39. The number of fused-ring (bicyclic) bond motifs is 5. The minimum Gasteiger partial charge on any atom is -0.345 e. The Balaban J connectivity index is 0.000000123. The highest BCUT2D eigenvalue weighted by Gasteiger charge is 2.23. The zero-order valence-electron chi connectivity index (χ0n) is 80.0. The molecule has 6 heteroatoms. The molecule has 0 aliphatic heterocycles. The molecule has 0 atom stereocenters. The van der Waals surface area contributed by atoms with Crippen molar-refractivity contribution in [3.05, 3.63) is 576 Å². The van der Waals surface area contributed by atoms with Crippen LogP contribution < -0.4 is 29.4 Å². The van der Waals surface area contributed by atoms with E-state index in [2.05, 4.69) is 627 Å². The molecule has 24 aromatic rings. The van der Waals surface area contributed by atoms with E-state index in [-0.39, 0.29) is 0 Å². The number of hydrogen-bond acceptors (Lipinski definition) is 6. The fourth-order valence-corrected chi connectivity index (χ4v) is 19.7. The Labute approximate surface area is 838 Å². The second-order valence-electron chi connectivity index (χ2n) is 36.2. The number of nitrogens with zero attached hydrogens (tertiary/aromatic N) is 6. The van der Waals surface area contributed by atoms with Gasteiger partial charge >= 0.3 is 0 Å². The maximum Gasteiger partial charge on any atom is 0.0540 e.